The summed E-state index contributed by atoms with van der Waals surface area (Å²) in [5, 5.41) is 13.4. The van der Waals surface area contributed by atoms with E-state index in [-0.39, 0.29) is 17.9 Å². The molecule has 1 fully saturated rings. The highest BCUT2D eigenvalue weighted by molar-refractivity contribution is 7.98. The fourth-order valence-corrected chi connectivity index (χ4v) is 4.85. The maximum Gasteiger partial charge on any atom is 0.255 e. The van der Waals surface area contributed by atoms with Crippen LogP contribution in [-0.4, -0.2) is 53.1 Å². The number of hydrogen-bond acceptors (Lipinski definition) is 6. The molecule has 1 amide bonds. The zero-order valence-electron chi connectivity index (χ0n) is 17.5. The van der Waals surface area contributed by atoms with Crippen molar-refractivity contribution in [1.29, 1.82) is 5.26 Å². The maximum atomic E-state index is 13.2. The zero-order valence-corrected chi connectivity index (χ0v) is 18.3. The number of carbonyl (C=O) groups excluding carboxylic acids is 1. The minimum Gasteiger partial charge on any atom is -0.361 e. The highest BCUT2D eigenvalue weighted by atomic mass is 32.2. The van der Waals surface area contributed by atoms with Crippen LogP contribution in [0.2, 0.25) is 0 Å². The molecule has 0 aliphatic carbocycles. The van der Waals surface area contributed by atoms with Gasteiger partial charge in [-0.1, -0.05) is 31.1 Å². The van der Waals surface area contributed by atoms with Gasteiger partial charge >= 0.3 is 0 Å². The minimum absolute atomic E-state index is 0.0598. The van der Waals surface area contributed by atoms with Gasteiger partial charge in [0, 0.05) is 42.4 Å². The van der Waals surface area contributed by atoms with E-state index >= 15 is 0 Å². The Bertz CT molecular complexity index is 875. The third kappa shape index (κ3) is 4.82. The number of hydrogen-bond donors (Lipinski definition) is 0. The number of aromatic nitrogens is 1. The van der Waals surface area contributed by atoms with Crippen LogP contribution in [0.15, 0.2) is 33.7 Å². The first-order valence-electron chi connectivity index (χ1n) is 9.99. The van der Waals surface area contributed by atoms with Crippen molar-refractivity contribution >= 4 is 17.7 Å². The third-order valence-corrected chi connectivity index (χ3v) is 6.53. The number of aryl methyl sites for hydroxylation is 2. The number of benzene rings is 1. The molecule has 1 atom stereocenters. The van der Waals surface area contributed by atoms with Crippen molar-refractivity contribution in [2.24, 2.45) is 5.92 Å². The average molecular weight is 413 g/mol. The summed E-state index contributed by atoms with van der Waals surface area (Å²) in [6, 6.07) is 10.1. The summed E-state index contributed by atoms with van der Waals surface area (Å²) in [5.41, 5.74) is 2.72. The highest BCUT2D eigenvalue weighted by Gasteiger charge is 2.29. The van der Waals surface area contributed by atoms with E-state index < -0.39 is 0 Å². The standard InChI is InChI=1S/C22H28N4O2S/c1-15(2)20(13-23)25-9-11-26(12-10-25)22(27)18-7-5-6-8-21(18)29-14-19-16(3)24-28-17(19)4/h5-8,15,20H,9-12,14H2,1-4H3. The van der Waals surface area contributed by atoms with Crippen LogP contribution in [-0.2, 0) is 5.75 Å². The largest absolute Gasteiger partial charge is 0.361 e. The van der Waals surface area contributed by atoms with E-state index in [1.54, 1.807) is 11.8 Å². The van der Waals surface area contributed by atoms with Gasteiger partial charge in [0.2, 0.25) is 0 Å². The second-order valence-corrected chi connectivity index (χ2v) is 8.75. The molecule has 2 aromatic rings. The zero-order chi connectivity index (χ0) is 21.0. The molecule has 0 saturated carbocycles. The summed E-state index contributed by atoms with van der Waals surface area (Å²) in [5.74, 6) is 1.89. The second-order valence-electron chi connectivity index (χ2n) is 7.73. The Hall–Kier alpha value is -2.30. The first-order chi connectivity index (χ1) is 13.9. The van der Waals surface area contributed by atoms with Crippen LogP contribution >= 0.6 is 11.8 Å². The molecule has 1 saturated heterocycles. The lowest BCUT2D eigenvalue weighted by atomic mass is 10.0. The third-order valence-electron chi connectivity index (χ3n) is 5.43. The molecule has 0 radical (unpaired) electrons. The van der Waals surface area contributed by atoms with E-state index in [0.717, 1.165) is 46.3 Å². The summed E-state index contributed by atoms with van der Waals surface area (Å²) in [4.78, 5) is 18.3. The van der Waals surface area contributed by atoms with E-state index in [2.05, 4.69) is 30.0 Å². The predicted octanol–water partition coefficient (Wildman–Crippen LogP) is 3.89. The van der Waals surface area contributed by atoms with Crippen LogP contribution in [0.4, 0.5) is 0 Å². The van der Waals surface area contributed by atoms with Gasteiger partial charge in [-0.05, 0) is 31.9 Å². The van der Waals surface area contributed by atoms with Crippen LogP contribution in [0.1, 0.15) is 41.2 Å². The van der Waals surface area contributed by atoms with Gasteiger partial charge in [0.1, 0.15) is 11.8 Å². The monoisotopic (exact) mass is 412 g/mol. The lowest BCUT2D eigenvalue weighted by Crippen LogP contribution is -2.52. The van der Waals surface area contributed by atoms with Crippen molar-refractivity contribution in [2.45, 2.75) is 44.4 Å². The molecule has 1 aromatic heterocycles. The van der Waals surface area contributed by atoms with Crippen molar-refractivity contribution in [1.82, 2.24) is 15.0 Å². The van der Waals surface area contributed by atoms with Crippen LogP contribution in [0.5, 0.6) is 0 Å². The van der Waals surface area contributed by atoms with Gasteiger partial charge in [-0.25, -0.2) is 0 Å². The van der Waals surface area contributed by atoms with Crippen molar-refractivity contribution in [3.05, 3.63) is 46.8 Å². The molecule has 0 N–H and O–H groups in total. The first kappa shape index (κ1) is 21.4. The maximum absolute atomic E-state index is 13.2. The molecule has 1 unspecified atom stereocenters. The summed E-state index contributed by atoms with van der Waals surface area (Å²) in [7, 11) is 0. The number of piperazine rings is 1. The molecule has 1 aliphatic heterocycles. The van der Waals surface area contributed by atoms with Crippen molar-refractivity contribution < 1.29 is 9.32 Å². The average Bonchev–Trinajstić information content (AvgIpc) is 3.04. The summed E-state index contributed by atoms with van der Waals surface area (Å²) in [6.07, 6.45) is 0. The Morgan fingerprint density at radius 2 is 1.93 bits per heavy atom. The lowest BCUT2D eigenvalue weighted by Gasteiger charge is -2.38. The van der Waals surface area contributed by atoms with Gasteiger partial charge < -0.3 is 9.42 Å². The normalized spacial score (nSPS) is 16.1. The number of thioether (sulfide) groups is 1. The molecule has 1 aromatic carbocycles. The van der Waals surface area contributed by atoms with E-state index in [1.807, 2.05) is 43.0 Å². The minimum atomic E-state index is -0.0925. The smallest absolute Gasteiger partial charge is 0.255 e. The first-order valence-corrected chi connectivity index (χ1v) is 11.0. The molecular formula is C22H28N4O2S. The van der Waals surface area contributed by atoms with Gasteiger partial charge in [0.15, 0.2) is 0 Å². The van der Waals surface area contributed by atoms with Gasteiger partial charge in [0.25, 0.3) is 5.91 Å². The van der Waals surface area contributed by atoms with Crippen LogP contribution in [0.3, 0.4) is 0 Å². The van der Waals surface area contributed by atoms with Gasteiger partial charge in [-0.2, -0.15) is 5.26 Å². The Morgan fingerprint density at radius 3 is 2.52 bits per heavy atom. The molecule has 0 spiro atoms. The Labute approximate surface area is 176 Å². The van der Waals surface area contributed by atoms with E-state index in [4.69, 9.17) is 4.52 Å². The van der Waals surface area contributed by atoms with Crippen LogP contribution in [0.25, 0.3) is 0 Å². The molecule has 1 aliphatic rings. The number of amides is 1. The summed E-state index contributed by atoms with van der Waals surface area (Å²) < 4.78 is 5.25. The van der Waals surface area contributed by atoms with E-state index in [9.17, 15) is 10.1 Å². The molecule has 7 heteroatoms. The Kier molecular flexibility index (Phi) is 6.99. The van der Waals surface area contributed by atoms with E-state index in [1.165, 1.54) is 0 Å². The topological polar surface area (TPSA) is 73.4 Å². The van der Waals surface area contributed by atoms with E-state index in [0.29, 0.717) is 13.1 Å². The van der Waals surface area contributed by atoms with Crippen molar-refractivity contribution in [2.75, 3.05) is 26.2 Å². The molecule has 0 bridgehead atoms. The van der Waals surface area contributed by atoms with Crippen molar-refractivity contribution in [3.63, 3.8) is 0 Å². The van der Waals surface area contributed by atoms with Crippen molar-refractivity contribution in [3.8, 4) is 6.07 Å². The van der Waals surface area contributed by atoms with Crippen LogP contribution < -0.4 is 0 Å². The number of rotatable bonds is 6. The quantitative estimate of drug-likeness (QED) is 0.670. The second kappa shape index (κ2) is 9.47. The number of nitriles is 1. The highest BCUT2D eigenvalue weighted by Crippen LogP contribution is 2.29. The SMILES string of the molecule is Cc1noc(C)c1CSc1ccccc1C(=O)N1CCN(C(C#N)C(C)C)CC1. The predicted molar refractivity (Wildman–Crippen MR) is 114 cm³/mol. The van der Waals surface area contributed by atoms with Gasteiger partial charge in [-0.3, -0.25) is 9.69 Å². The Balaban J connectivity index is 1.67. The Morgan fingerprint density at radius 1 is 1.24 bits per heavy atom. The molecule has 6 nitrogen and oxygen atoms in total. The number of nitrogens with zero attached hydrogens (tertiary/aromatic N) is 4. The van der Waals surface area contributed by atoms with Crippen LogP contribution in [0, 0.1) is 31.1 Å². The molecule has 2 heterocycles. The fraction of sp³-hybridized carbons (Fsp3) is 0.500. The molecular weight excluding hydrogens is 384 g/mol. The summed E-state index contributed by atoms with van der Waals surface area (Å²) in [6.45, 7) is 10.7. The molecule has 3 rings (SSSR count). The molecule has 154 valence electrons. The fourth-order valence-electron chi connectivity index (χ4n) is 3.65. The molecule has 29 heavy (non-hydrogen) atoms. The summed E-state index contributed by atoms with van der Waals surface area (Å²) >= 11 is 1.64. The number of carbonyl (C=O) groups is 1. The van der Waals surface area contributed by atoms with Gasteiger partial charge in [0.05, 0.1) is 17.3 Å². The lowest BCUT2D eigenvalue weighted by molar-refractivity contribution is 0.0573. The van der Waals surface area contributed by atoms with Gasteiger partial charge in [-0.15, -0.1) is 11.8 Å².